The van der Waals surface area contributed by atoms with E-state index < -0.39 is 5.60 Å². The third kappa shape index (κ3) is 4.75. The summed E-state index contributed by atoms with van der Waals surface area (Å²) in [4.78, 5) is 24.3. The number of hydrogen-bond donors (Lipinski definition) is 0. The van der Waals surface area contributed by atoms with Crippen LogP contribution in [0.5, 0.6) is 0 Å². The number of ether oxygens (including phenoxy) is 1. The van der Waals surface area contributed by atoms with Crippen LogP contribution in [0.2, 0.25) is 0 Å². The van der Waals surface area contributed by atoms with E-state index in [9.17, 15) is 9.59 Å². The molecule has 0 aromatic rings. The first-order valence-corrected chi connectivity index (χ1v) is 6.37. The fourth-order valence-corrected chi connectivity index (χ4v) is 2.17. The van der Waals surface area contributed by atoms with Crippen LogP contribution in [-0.4, -0.2) is 35.5 Å². The first-order valence-electron chi connectivity index (χ1n) is 6.37. The first-order chi connectivity index (χ1) is 7.94. The van der Waals surface area contributed by atoms with Crippen molar-refractivity contribution in [1.29, 1.82) is 0 Å². The summed E-state index contributed by atoms with van der Waals surface area (Å²) >= 11 is 0. The van der Waals surface area contributed by atoms with Gasteiger partial charge in [-0.1, -0.05) is 19.3 Å². The molecular weight excluding hydrogens is 218 g/mol. The van der Waals surface area contributed by atoms with E-state index in [1.807, 2.05) is 20.8 Å². The van der Waals surface area contributed by atoms with Crippen molar-refractivity contribution in [3.63, 3.8) is 0 Å². The fourth-order valence-electron chi connectivity index (χ4n) is 2.17. The number of carbonyl (C=O) groups excluding carboxylic acids is 2. The first kappa shape index (κ1) is 14.0. The van der Waals surface area contributed by atoms with Gasteiger partial charge in [0.15, 0.2) is 0 Å². The van der Waals surface area contributed by atoms with Crippen LogP contribution in [0.15, 0.2) is 0 Å². The van der Waals surface area contributed by atoms with E-state index in [0.29, 0.717) is 0 Å². The van der Waals surface area contributed by atoms with E-state index in [1.165, 1.54) is 6.42 Å². The van der Waals surface area contributed by atoms with Crippen LogP contribution in [0.25, 0.3) is 0 Å². The molecule has 0 saturated heterocycles. The minimum Gasteiger partial charge on any atom is -0.444 e. The highest BCUT2D eigenvalue weighted by molar-refractivity contribution is 5.72. The predicted octanol–water partition coefficient (Wildman–Crippen LogP) is 2.76. The quantitative estimate of drug-likeness (QED) is 0.714. The Balaban J connectivity index is 2.63. The van der Waals surface area contributed by atoms with Crippen molar-refractivity contribution in [2.45, 2.75) is 64.5 Å². The maximum Gasteiger partial charge on any atom is 0.410 e. The summed E-state index contributed by atoms with van der Waals surface area (Å²) in [7, 11) is 0. The topological polar surface area (TPSA) is 46.6 Å². The molecule has 4 nitrogen and oxygen atoms in total. The minimum atomic E-state index is -0.507. The molecule has 0 atom stereocenters. The average molecular weight is 241 g/mol. The molecule has 1 saturated carbocycles. The van der Waals surface area contributed by atoms with Crippen molar-refractivity contribution in [3.8, 4) is 0 Å². The Morgan fingerprint density at radius 2 is 1.88 bits per heavy atom. The normalized spacial score (nSPS) is 17.6. The summed E-state index contributed by atoms with van der Waals surface area (Å²) in [5.74, 6) is 0. The highest BCUT2D eigenvalue weighted by atomic mass is 16.6. The standard InChI is InChI=1S/C13H23NO3/c1-13(2,3)17-12(16)14(9-10-15)11-7-5-4-6-8-11/h10-11H,4-9H2,1-3H3. The van der Waals surface area contributed by atoms with Crippen LogP contribution in [0.3, 0.4) is 0 Å². The van der Waals surface area contributed by atoms with Gasteiger partial charge in [0.1, 0.15) is 11.9 Å². The lowest BCUT2D eigenvalue weighted by atomic mass is 9.94. The predicted molar refractivity (Wildman–Crippen MR) is 65.9 cm³/mol. The summed E-state index contributed by atoms with van der Waals surface area (Å²) in [6.45, 7) is 5.65. The number of amides is 1. The summed E-state index contributed by atoms with van der Waals surface area (Å²) < 4.78 is 5.33. The molecule has 17 heavy (non-hydrogen) atoms. The highest BCUT2D eigenvalue weighted by Gasteiger charge is 2.28. The molecule has 0 heterocycles. The van der Waals surface area contributed by atoms with Crippen molar-refractivity contribution >= 4 is 12.4 Å². The van der Waals surface area contributed by atoms with E-state index in [2.05, 4.69) is 0 Å². The zero-order valence-electron chi connectivity index (χ0n) is 11.1. The fraction of sp³-hybridized carbons (Fsp3) is 0.846. The minimum absolute atomic E-state index is 0.138. The molecule has 0 N–H and O–H groups in total. The molecule has 0 aromatic heterocycles. The number of nitrogens with zero attached hydrogens (tertiary/aromatic N) is 1. The second-order valence-electron chi connectivity index (χ2n) is 5.59. The number of aldehydes is 1. The molecule has 0 aromatic carbocycles. The summed E-state index contributed by atoms with van der Waals surface area (Å²) in [6, 6.07) is 0.170. The van der Waals surface area contributed by atoms with Gasteiger partial charge in [-0.3, -0.25) is 4.90 Å². The van der Waals surface area contributed by atoms with Gasteiger partial charge in [0.05, 0.1) is 6.54 Å². The lowest BCUT2D eigenvalue weighted by Crippen LogP contribution is -2.45. The monoisotopic (exact) mass is 241 g/mol. The molecule has 0 bridgehead atoms. The zero-order valence-corrected chi connectivity index (χ0v) is 11.1. The lowest BCUT2D eigenvalue weighted by Gasteiger charge is -2.34. The lowest BCUT2D eigenvalue weighted by molar-refractivity contribution is -0.109. The Morgan fingerprint density at radius 1 is 1.29 bits per heavy atom. The van der Waals surface area contributed by atoms with E-state index in [0.717, 1.165) is 32.0 Å². The second-order valence-corrected chi connectivity index (χ2v) is 5.59. The Hall–Kier alpha value is -1.06. The molecule has 1 amide bonds. The van der Waals surface area contributed by atoms with Gasteiger partial charge in [0.2, 0.25) is 0 Å². The molecule has 1 aliphatic carbocycles. The Bertz CT molecular complexity index is 264. The molecule has 1 aliphatic rings. The molecule has 1 fully saturated rings. The van der Waals surface area contributed by atoms with Gasteiger partial charge in [-0.15, -0.1) is 0 Å². The summed E-state index contributed by atoms with van der Waals surface area (Å²) in [5.41, 5.74) is -0.507. The van der Waals surface area contributed by atoms with Crippen molar-refractivity contribution in [2.75, 3.05) is 6.54 Å². The smallest absolute Gasteiger partial charge is 0.410 e. The van der Waals surface area contributed by atoms with Crippen molar-refractivity contribution in [3.05, 3.63) is 0 Å². The van der Waals surface area contributed by atoms with Crippen LogP contribution in [0.1, 0.15) is 52.9 Å². The van der Waals surface area contributed by atoms with Gasteiger partial charge < -0.3 is 9.53 Å². The van der Waals surface area contributed by atoms with Gasteiger partial charge in [-0.2, -0.15) is 0 Å². The molecule has 0 aliphatic heterocycles. The Kier molecular flexibility index (Phi) is 4.97. The second kappa shape index (κ2) is 6.03. The number of carbonyl (C=O) groups is 2. The third-order valence-electron chi connectivity index (χ3n) is 2.91. The molecular formula is C13H23NO3. The van der Waals surface area contributed by atoms with Crippen LogP contribution in [-0.2, 0) is 9.53 Å². The molecule has 98 valence electrons. The van der Waals surface area contributed by atoms with Gasteiger partial charge in [0, 0.05) is 6.04 Å². The molecule has 0 spiro atoms. The van der Waals surface area contributed by atoms with Gasteiger partial charge >= 0.3 is 6.09 Å². The summed E-state index contributed by atoms with van der Waals surface area (Å²) in [5, 5.41) is 0. The van der Waals surface area contributed by atoms with Gasteiger partial charge in [-0.05, 0) is 33.6 Å². The van der Waals surface area contributed by atoms with Gasteiger partial charge in [-0.25, -0.2) is 4.79 Å². The van der Waals surface area contributed by atoms with Crippen LogP contribution < -0.4 is 0 Å². The molecule has 1 rings (SSSR count). The van der Waals surface area contributed by atoms with E-state index >= 15 is 0 Å². The molecule has 0 unspecified atom stereocenters. The number of hydrogen-bond acceptors (Lipinski definition) is 3. The Labute approximate surface area is 103 Å². The molecule has 4 heteroatoms. The van der Waals surface area contributed by atoms with E-state index in [4.69, 9.17) is 4.74 Å². The Morgan fingerprint density at radius 3 is 2.35 bits per heavy atom. The number of rotatable bonds is 3. The van der Waals surface area contributed by atoms with Crippen LogP contribution in [0.4, 0.5) is 4.79 Å². The van der Waals surface area contributed by atoms with Gasteiger partial charge in [0.25, 0.3) is 0 Å². The average Bonchev–Trinajstić information content (AvgIpc) is 2.24. The van der Waals surface area contributed by atoms with Crippen LogP contribution in [0, 0.1) is 0 Å². The zero-order chi connectivity index (χ0) is 12.9. The SMILES string of the molecule is CC(C)(C)OC(=O)N(CC=O)C1CCCCC1. The largest absolute Gasteiger partial charge is 0.444 e. The molecule has 0 radical (unpaired) electrons. The maximum absolute atomic E-state index is 12.0. The van der Waals surface area contributed by atoms with Crippen molar-refractivity contribution < 1.29 is 14.3 Å². The third-order valence-corrected chi connectivity index (χ3v) is 2.91. The van der Waals surface area contributed by atoms with E-state index in [1.54, 1.807) is 4.90 Å². The maximum atomic E-state index is 12.0. The van der Waals surface area contributed by atoms with E-state index in [-0.39, 0.29) is 18.7 Å². The highest BCUT2D eigenvalue weighted by Crippen LogP contribution is 2.23. The van der Waals surface area contributed by atoms with Crippen LogP contribution >= 0.6 is 0 Å². The van der Waals surface area contributed by atoms with Crippen molar-refractivity contribution in [1.82, 2.24) is 4.90 Å². The summed E-state index contributed by atoms with van der Waals surface area (Å²) in [6.07, 6.45) is 5.85. The van der Waals surface area contributed by atoms with Crippen molar-refractivity contribution in [2.24, 2.45) is 0 Å².